The number of hydrogen-bond acceptors (Lipinski definition) is 5. The van der Waals surface area contributed by atoms with Crippen molar-refractivity contribution in [3.63, 3.8) is 0 Å². The quantitative estimate of drug-likeness (QED) is 0.706. The summed E-state index contributed by atoms with van der Waals surface area (Å²) >= 11 is 0. The van der Waals surface area contributed by atoms with Gasteiger partial charge in [-0.2, -0.15) is 0 Å². The van der Waals surface area contributed by atoms with E-state index in [2.05, 4.69) is 19.8 Å². The Morgan fingerprint density at radius 3 is 2.95 bits per heavy atom. The Morgan fingerprint density at radius 1 is 1.43 bits per heavy atom. The molecule has 1 aromatic rings. The highest BCUT2D eigenvalue weighted by atomic mass is 16.5. The molecule has 21 heavy (non-hydrogen) atoms. The number of aromatic nitrogens is 2. The van der Waals surface area contributed by atoms with Gasteiger partial charge >= 0.3 is 5.69 Å². The van der Waals surface area contributed by atoms with E-state index in [-0.39, 0.29) is 5.56 Å². The normalized spacial score (nSPS) is 19.5. The highest BCUT2D eigenvalue weighted by Gasteiger charge is 2.23. The fourth-order valence-corrected chi connectivity index (χ4v) is 2.89. The highest BCUT2D eigenvalue weighted by Crippen LogP contribution is 2.17. The van der Waals surface area contributed by atoms with Crippen molar-refractivity contribution in [3.8, 4) is 0 Å². The van der Waals surface area contributed by atoms with Crippen LogP contribution in [0.1, 0.15) is 12.1 Å². The van der Waals surface area contributed by atoms with Crippen LogP contribution >= 0.6 is 0 Å². The molecule has 7 nitrogen and oxygen atoms in total. The molecule has 118 valence electrons. The summed E-state index contributed by atoms with van der Waals surface area (Å²) in [5.74, 6) is 0.626. The average molecular weight is 296 g/mol. The summed E-state index contributed by atoms with van der Waals surface area (Å²) in [7, 11) is 3.74. The summed E-state index contributed by atoms with van der Waals surface area (Å²) in [6, 6.07) is 1.44. The van der Waals surface area contributed by atoms with Gasteiger partial charge in [0, 0.05) is 45.0 Å². The third-order valence-electron chi connectivity index (χ3n) is 3.81. The standard InChI is InChI=1S/C14H24N4O3/c1-17(10-12-7-13(19)16-14(20)15-12)8-11-3-4-18(9-11)5-6-21-2/h7,11H,3-6,8-10H2,1-2H3,(H2,15,16,19,20). The molecule has 1 fully saturated rings. The van der Waals surface area contributed by atoms with Crippen molar-refractivity contribution >= 4 is 0 Å². The van der Waals surface area contributed by atoms with Crippen LogP contribution in [0.25, 0.3) is 0 Å². The van der Waals surface area contributed by atoms with Gasteiger partial charge in [-0.25, -0.2) is 4.79 Å². The van der Waals surface area contributed by atoms with E-state index in [0.29, 0.717) is 18.2 Å². The molecule has 0 radical (unpaired) electrons. The second kappa shape index (κ2) is 7.53. The lowest BCUT2D eigenvalue weighted by molar-refractivity contribution is 0.157. The molecule has 1 aliphatic heterocycles. The van der Waals surface area contributed by atoms with Crippen LogP contribution < -0.4 is 11.2 Å². The van der Waals surface area contributed by atoms with Crippen LogP contribution in [-0.2, 0) is 11.3 Å². The Hall–Kier alpha value is -1.44. The monoisotopic (exact) mass is 296 g/mol. The summed E-state index contributed by atoms with van der Waals surface area (Å²) in [6.07, 6.45) is 1.18. The summed E-state index contributed by atoms with van der Waals surface area (Å²) < 4.78 is 5.10. The number of hydrogen-bond donors (Lipinski definition) is 2. The van der Waals surface area contributed by atoms with Gasteiger partial charge in [0.05, 0.1) is 6.61 Å². The zero-order valence-corrected chi connectivity index (χ0v) is 12.7. The molecular formula is C14H24N4O3. The number of aromatic amines is 2. The van der Waals surface area contributed by atoms with Crippen LogP contribution in [0, 0.1) is 5.92 Å². The molecule has 0 bridgehead atoms. The second-order valence-corrected chi connectivity index (χ2v) is 5.76. The Labute approximate surface area is 123 Å². The van der Waals surface area contributed by atoms with Gasteiger partial charge in [-0.05, 0) is 25.9 Å². The molecule has 2 N–H and O–H groups in total. The summed E-state index contributed by atoms with van der Waals surface area (Å²) in [6.45, 7) is 5.49. The van der Waals surface area contributed by atoms with Crippen molar-refractivity contribution in [1.82, 2.24) is 19.8 Å². The van der Waals surface area contributed by atoms with Crippen LogP contribution in [0.3, 0.4) is 0 Å². The van der Waals surface area contributed by atoms with E-state index >= 15 is 0 Å². The second-order valence-electron chi connectivity index (χ2n) is 5.76. The van der Waals surface area contributed by atoms with Crippen LogP contribution in [0.4, 0.5) is 0 Å². The number of nitrogens with one attached hydrogen (secondary N) is 2. The number of methoxy groups -OCH3 is 1. The van der Waals surface area contributed by atoms with E-state index < -0.39 is 5.69 Å². The molecule has 7 heteroatoms. The summed E-state index contributed by atoms with van der Waals surface area (Å²) in [5, 5.41) is 0. The van der Waals surface area contributed by atoms with E-state index in [1.165, 1.54) is 12.5 Å². The molecule has 1 unspecified atom stereocenters. The molecule has 0 saturated carbocycles. The summed E-state index contributed by atoms with van der Waals surface area (Å²) in [4.78, 5) is 31.9. The van der Waals surface area contributed by atoms with Gasteiger partial charge in [0.1, 0.15) is 0 Å². The van der Waals surface area contributed by atoms with Crippen LogP contribution in [0.2, 0.25) is 0 Å². The van der Waals surface area contributed by atoms with Crippen molar-refractivity contribution in [1.29, 1.82) is 0 Å². The van der Waals surface area contributed by atoms with Gasteiger partial charge in [0.15, 0.2) is 0 Å². The fraction of sp³-hybridized carbons (Fsp3) is 0.714. The molecule has 0 spiro atoms. The maximum absolute atomic E-state index is 11.3. The van der Waals surface area contributed by atoms with E-state index in [0.717, 1.165) is 32.8 Å². The lowest BCUT2D eigenvalue weighted by Crippen LogP contribution is -2.31. The average Bonchev–Trinajstić information content (AvgIpc) is 2.82. The number of ether oxygens (including phenoxy) is 1. The molecular weight excluding hydrogens is 272 g/mol. The number of rotatable bonds is 7. The van der Waals surface area contributed by atoms with Crippen LogP contribution in [-0.4, -0.2) is 66.7 Å². The van der Waals surface area contributed by atoms with Gasteiger partial charge < -0.3 is 19.5 Å². The fourth-order valence-electron chi connectivity index (χ4n) is 2.89. The minimum atomic E-state index is -0.447. The van der Waals surface area contributed by atoms with Crippen LogP contribution in [0.15, 0.2) is 15.7 Å². The van der Waals surface area contributed by atoms with Crippen molar-refractivity contribution in [2.75, 3.05) is 46.9 Å². The maximum Gasteiger partial charge on any atom is 0.325 e. The van der Waals surface area contributed by atoms with Crippen molar-refractivity contribution in [2.24, 2.45) is 5.92 Å². The molecule has 0 aromatic carbocycles. The third-order valence-corrected chi connectivity index (χ3v) is 3.81. The Balaban J connectivity index is 1.81. The molecule has 0 aliphatic carbocycles. The molecule has 0 amide bonds. The first kappa shape index (κ1) is 15.9. The number of likely N-dealkylation sites (tertiary alicyclic amines) is 1. The van der Waals surface area contributed by atoms with Crippen molar-refractivity contribution in [3.05, 3.63) is 32.6 Å². The predicted octanol–water partition coefficient (Wildman–Crippen LogP) is -0.537. The van der Waals surface area contributed by atoms with Gasteiger partial charge in [-0.15, -0.1) is 0 Å². The topological polar surface area (TPSA) is 81.4 Å². The number of nitrogens with zero attached hydrogens (tertiary/aromatic N) is 2. The maximum atomic E-state index is 11.3. The lowest BCUT2D eigenvalue weighted by Gasteiger charge is -2.21. The smallest absolute Gasteiger partial charge is 0.325 e. The van der Waals surface area contributed by atoms with Gasteiger partial charge in [-0.1, -0.05) is 0 Å². The Bertz CT molecular complexity index is 525. The molecule has 1 aromatic heterocycles. The lowest BCUT2D eigenvalue weighted by atomic mass is 10.1. The van der Waals surface area contributed by atoms with Gasteiger partial charge in [-0.3, -0.25) is 9.78 Å². The van der Waals surface area contributed by atoms with Gasteiger partial charge in [0.2, 0.25) is 0 Å². The minimum Gasteiger partial charge on any atom is -0.383 e. The van der Waals surface area contributed by atoms with E-state index in [9.17, 15) is 9.59 Å². The molecule has 1 saturated heterocycles. The zero-order chi connectivity index (χ0) is 15.2. The Kier molecular flexibility index (Phi) is 5.72. The highest BCUT2D eigenvalue weighted by molar-refractivity contribution is 4.98. The third kappa shape index (κ3) is 5.11. The van der Waals surface area contributed by atoms with E-state index in [1.54, 1.807) is 7.11 Å². The molecule has 1 aliphatic rings. The molecule has 2 rings (SSSR count). The summed E-state index contributed by atoms with van der Waals surface area (Å²) in [5.41, 5.74) is -0.147. The minimum absolute atomic E-state index is 0.353. The SMILES string of the molecule is COCCN1CCC(CN(C)Cc2cc(=O)[nH]c(=O)[nH]2)C1. The number of H-pyrrole nitrogens is 2. The van der Waals surface area contributed by atoms with Crippen molar-refractivity contribution in [2.45, 2.75) is 13.0 Å². The predicted molar refractivity (Wildman–Crippen MR) is 80.4 cm³/mol. The Morgan fingerprint density at radius 2 is 2.24 bits per heavy atom. The zero-order valence-electron chi connectivity index (χ0n) is 12.7. The van der Waals surface area contributed by atoms with Crippen molar-refractivity contribution < 1.29 is 4.74 Å². The van der Waals surface area contributed by atoms with E-state index in [4.69, 9.17) is 4.74 Å². The molecule has 1 atom stereocenters. The molecule has 2 heterocycles. The van der Waals surface area contributed by atoms with E-state index in [1.807, 2.05) is 7.05 Å². The first-order chi connectivity index (χ1) is 10.1. The van der Waals surface area contributed by atoms with Gasteiger partial charge in [0.25, 0.3) is 5.56 Å². The first-order valence-electron chi connectivity index (χ1n) is 7.29. The first-order valence-corrected chi connectivity index (χ1v) is 7.29. The van der Waals surface area contributed by atoms with Crippen LogP contribution in [0.5, 0.6) is 0 Å². The largest absolute Gasteiger partial charge is 0.383 e.